The summed E-state index contributed by atoms with van der Waals surface area (Å²) in [5, 5.41) is 6.97. The molecule has 0 radical (unpaired) electrons. The minimum atomic E-state index is -0.349. The van der Waals surface area contributed by atoms with E-state index in [1.54, 1.807) is 43.3 Å². The molecule has 3 heterocycles. The Morgan fingerprint density at radius 3 is 2.70 bits per heavy atom. The highest BCUT2D eigenvalue weighted by atomic mass is 16.5. The number of rotatable bonds is 9. The first-order chi connectivity index (χ1) is 16.0. The second-order valence-electron chi connectivity index (χ2n) is 7.40. The lowest BCUT2D eigenvalue weighted by Gasteiger charge is -2.11. The highest BCUT2D eigenvalue weighted by molar-refractivity contribution is 5.93. The molecular formula is C24H25N5O4. The third-order valence-electron chi connectivity index (χ3n) is 4.76. The van der Waals surface area contributed by atoms with Gasteiger partial charge in [-0.25, -0.2) is 9.97 Å². The third-order valence-corrected chi connectivity index (χ3v) is 4.76. The molecule has 0 aliphatic heterocycles. The highest BCUT2D eigenvalue weighted by Crippen LogP contribution is 2.25. The van der Waals surface area contributed by atoms with Crippen LogP contribution in [0, 0.1) is 6.92 Å². The molecule has 33 heavy (non-hydrogen) atoms. The van der Waals surface area contributed by atoms with Crippen molar-refractivity contribution in [3.63, 3.8) is 0 Å². The quantitative estimate of drug-likeness (QED) is 0.408. The number of carbonyl (C=O) groups is 1. The zero-order valence-electron chi connectivity index (χ0n) is 18.7. The molecule has 0 atom stereocenters. The van der Waals surface area contributed by atoms with Gasteiger partial charge in [0.05, 0.1) is 18.4 Å². The fourth-order valence-electron chi connectivity index (χ4n) is 3.11. The van der Waals surface area contributed by atoms with Crippen LogP contribution in [-0.2, 0) is 13.6 Å². The van der Waals surface area contributed by atoms with E-state index < -0.39 is 0 Å². The van der Waals surface area contributed by atoms with Gasteiger partial charge in [0.15, 0.2) is 5.69 Å². The fraction of sp³-hybridized carbons (Fsp3) is 0.250. The van der Waals surface area contributed by atoms with Crippen LogP contribution in [0.5, 0.6) is 17.4 Å². The molecule has 0 bridgehead atoms. The van der Waals surface area contributed by atoms with Gasteiger partial charge in [0, 0.05) is 31.5 Å². The van der Waals surface area contributed by atoms with Gasteiger partial charge in [0.25, 0.3) is 5.91 Å². The number of oxazole rings is 1. The number of carbonyl (C=O) groups excluding carboxylic acids is 1. The molecule has 0 unspecified atom stereocenters. The standard InChI is InChI=1S/C24H25N5O4/c1-4-12-31-19-7-9-20(10-8-19)33-23-17(6-5-11-25-23)13-26-22(30)21-16(2)32-24(28-21)18-14-27-29(3)15-18/h5-11,14-15H,4,12-13H2,1-3H3,(H,26,30). The minimum Gasteiger partial charge on any atom is -0.494 e. The van der Waals surface area contributed by atoms with Crippen molar-refractivity contribution in [3.8, 4) is 28.8 Å². The van der Waals surface area contributed by atoms with E-state index in [2.05, 4.69) is 27.3 Å². The van der Waals surface area contributed by atoms with E-state index in [0.29, 0.717) is 35.5 Å². The molecule has 1 amide bonds. The zero-order chi connectivity index (χ0) is 23.2. The number of benzene rings is 1. The van der Waals surface area contributed by atoms with Crippen molar-refractivity contribution < 1.29 is 18.7 Å². The maximum absolute atomic E-state index is 12.8. The van der Waals surface area contributed by atoms with Gasteiger partial charge in [-0.2, -0.15) is 5.10 Å². The van der Waals surface area contributed by atoms with E-state index in [4.69, 9.17) is 13.9 Å². The predicted octanol–water partition coefficient (Wildman–Crippen LogP) is 4.29. The number of ether oxygens (including phenoxy) is 2. The molecule has 9 nitrogen and oxygen atoms in total. The summed E-state index contributed by atoms with van der Waals surface area (Å²) in [7, 11) is 1.80. The van der Waals surface area contributed by atoms with Crippen LogP contribution in [-0.4, -0.2) is 32.3 Å². The Labute approximate surface area is 191 Å². The molecule has 170 valence electrons. The van der Waals surface area contributed by atoms with E-state index in [1.807, 2.05) is 30.3 Å². The first kappa shape index (κ1) is 22.1. The van der Waals surface area contributed by atoms with Crippen LogP contribution in [0.2, 0.25) is 0 Å². The van der Waals surface area contributed by atoms with Crippen molar-refractivity contribution in [2.24, 2.45) is 7.05 Å². The minimum absolute atomic E-state index is 0.216. The number of nitrogens with zero attached hydrogens (tertiary/aromatic N) is 4. The van der Waals surface area contributed by atoms with Gasteiger partial charge in [-0.05, 0) is 43.7 Å². The van der Waals surface area contributed by atoms with Crippen LogP contribution in [0.4, 0.5) is 0 Å². The average Bonchev–Trinajstić information content (AvgIpc) is 3.43. The molecule has 9 heteroatoms. The van der Waals surface area contributed by atoms with Gasteiger partial charge >= 0.3 is 0 Å². The largest absolute Gasteiger partial charge is 0.494 e. The number of amides is 1. The molecule has 0 saturated heterocycles. The van der Waals surface area contributed by atoms with E-state index in [1.165, 1.54) is 0 Å². The van der Waals surface area contributed by atoms with Crippen LogP contribution >= 0.6 is 0 Å². The number of aromatic nitrogens is 4. The van der Waals surface area contributed by atoms with Gasteiger partial charge in [-0.3, -0.25) is 9.48 Å². The number of hydrogen-bond donors (Lipinski definition) is 1. The van der Waals surface area contributed by atoms with Crippen LogP contribution in [0.3, 0.4) is 0 Å². The van der Waals surface area contributed by atoms with Gasteiger partial charge in [0.1, 0.15) is 17.3 Å². The van der Waals surface area contributed by atoms with Gasteiger partial charge in [0.2, 0.25) is 11.8 Å². The smallest absolute Gasteiger partial charge is 0.273 e. The summed E-state index contributed by atoms with van der Waals surface area (Å²) in [6, 6.07) is 11.0. The Morgan fingerprint density at radius 1 is 1.18 bits per heavy atom. The Balaban J connectivity index is 1.42. The lowest BCUT2D eigenvalue weighted by atomic mass is 10.2. The Bertz CT molecular complexity index is 1230. The second kappa shape index (κ2) is 9.99. The summed E-state index contributed by atoms with van der Waals surface area (Å²) in [5.74, 6) is 2.25. The van der Waals surface area contributed by atoms with Crippen LogP contribution in [0.15, 0.2) is 59.4 Å². The van der Waals surface area contributed by atoms with E-state index in [-0.39, 0.29) is 18.1 Å². The fourth-order valence-corrected chi connectivity index (χ4v) is 3.11. The summed E-state index contributed by atoms with van der Waals surface area (Å²) < 4.78 is 18.8. The zero-order valence-corrected chi connectivity index (χ0v) is 18.7. The molecule has 0 aliphatic rings. The number of aryl methyl sites for hydroxylation is 2. The molecule has 3 aromatic heterocycles. The van der Waals surface area contributed by atoms with Crippen LogP contribution in [0.1, 0.15) is 35.2 Å². The Kier molecular flexibility index (Phi) is 6.68. The number of hydrogen-bond acceptors (Lipinski definition) is 7. The molecule has 4 rings (SSSR count). The number of pyridine rings is 1. The van der Waals surface area contributed by atoms with Gasteiger partial charge in [-0.1, -0.05) is 13.0 Å². The maximum atomic E-state index is 12.8. The topological polar surface area (TPSA) is 104 Å². The first-order valence-corrected chi connectivity index (χ1v) is 10.6. The summed E-state index contributed by atoms with van der Waals surface area (Å²) in [5.41, 5.74) is 1.65. The highest BCUT2D eigenvalue weighted by Gasteiger charge is 2.19. The van der Waals surface area contributed by atoms with Crippen molar-refractivity contribution >= 4 is 5.91 Å². The molecule has 0 spiro atoms. The molecule has 1 N–H and O–H groups in total. The normalized spacial score (nSPS) is 10.8. The van der Waals surface area contributed by atoms with Crippen molar-refractivity contribution in [1.29, 1.82) is 0 Å². The van der Waals surface area contributed by atoms with Gasteiger partial charge in [-0.15, -0.1) is 0 Å². The predicted molar refractivity (Wildman–Crippen MR) is 121 cm³/mol. The number of nitrogens with one attached hydrogen (secondary N) is 1. The summed E-state index contributed by atoms with van der Waals surface area (Å²) in [4.78, 5) is 21.4. The summed E-state index contributed by atoms with van der Waals surface area (Å²) in [6.45, 7) is 4.64. The van der Waals surface area contributed by atoms with E-state index >= 15 is 0 Å². The average molecular weight is 447 g/mol. The van der Waals surface area contributed by atoms with E-state index in [0.717, 1.165) is 17.7 Å². The molecule has 0 saturated carbocycles. The molecule has 4 aromatic rings. The maximum Gasteiger partial charge on any atom is 0.273 e. The SMILES string of the molecule is CCCOc1ccc(Oc2ncccc2CNC(=O)c2nc(-c3cnn(C)c3)oc2C)cc1. The molecule has 0 aliphatic carbocycles. The monoisotopic (exact) mass is 447 g/mol. The van der Waals surface area contributed by atoms with Crippen molar-refractivity contribution in [2.45, 2.75) is 26.8 Å². The summed E-state index contributed by atoms with van der Waals surface area (Å²) >= 11 is 0. The molecular weight excluding hydrogens is 422 g/mol. The first-order valence-electron chi connectivity index (χ1n) is 10.6. The lowest BCUT2D eigenvalue weighted by Crippen LogP contribution is -2.24. The molecule has 0 fully saturated rings. The summed E-state index contributed by atoms with van der Waals surface area (Å²) in [6.07, 6.45) is 5.99. The van der Waals surface area contributed by atoms with Crippen molar-refractivity contribution in [1.82, 2.24) is 25.1 Å². The Hall–Kier alpha value is -4.14. The lowest BCUT2D eigenvalue weighted by molar-refractivity contribution is 0.0945. The Morgan fingerprint density at radius 2 is 1.97 bits per heavy atom. The van der Waals surface area contributed by atoms with E-state index in [9.17, 15) is 4.79 Å². The molecule has 1 aromatic carbocycles. The van der Waals surface area contributed by atoms with Crippen molar-refractivity contribution in [3.05, 3.63) is 72.0 Å². The van der Waals surface area contributed by atoms with Crippen molar-refractivity contribution in [2.75, 3.05) is 6.61 Å². The van der Waals surface area contributed by atoms with Gasteiger partial charge < -0.3 is 19.2 Å². The van der Waals surface area contributed by atoms with Crippen LogP contribution in [0.25, 0.3) is 11.5 Å². The second-order valence-corrected chi connectivity index (χ2v) is 7.40. The third kappa shape index (κ3) is 5.38. The van der Waals surface area contributed by atoms with Crippen LogP contribution < -0.4 is 14.8 Å².